The molecule has 1 aromatic carbocycles. The number of ether oxygens (including phenoxy) is 2. The summed E-state index contributed by atoms with van der Waals surface area (Å²) in [5.41, 5.74) is 1.81. The minimum absolute atomic E-state index is 0.0263. The first-order valence-electron chi connectivity index (χ1n) is 13.4. The lowest BCUT2D eigenvalue weighted by Gasteiger charge is -2.31. The SMILES string of the molecule is Cc1ccc(C(=S)Nc2cccnc2C(=O)Nc2ccc(Cl)cn2)c(O[C@H]2CC[C@H](NC(=O)OC(C)(C)C)CC2)c1. The van der Waals surface area contributed by atoms with E-state index in [0.717, 1.165) is 31.2 Å². The second-order valence-electron chi connectivity index (χ2n) is 10.9. The first kappa shape index (κ1) is 30.2. The van der Waals surface area contributed by atoms with Crippen molar-refractivity contribution in [1.29, 1.82) is 0 Å². The summed E-state index contributed by atoms with van der Waals surface area (Å²) in [6, 6.07) is 12.6. The number of carbonyl (C=O) groups is 2. The number of alkyl carbamates (subject to hydrolysis) is 1. The maximum atomic E-state index is 13.0. The molecule has 0 aliphatic heterocycles. The fourth-order valence-electron chi connectivity index (χ4n) is 4.40. The molecule has 3 aromatic rings. The van der Waals surface area contributed by atoms with Crippen LogP contribution in [-0.2, 0) is 4.74 Å². The number of nitrogens with one attached hydrogen (secondary N) is 3. The van der Waals surface area contributed by atoms with Crippen molar-refractivity contribution in [2.75, 3.05) is 10.6 Å². The Kier molecular flexibility index (Phi) is 9.77. The van der Waals surface area contributed by atoms with Gasteiger partial charge in [0.15, 0.2) is 5.69 Å². The van der Waals surface area contributed by atoms with E-state index in [4.69, 9.17) is 33.3 Å². The largest absolute Gasteiger partial charge is 0.490 e. The minimum atomic E-state index is -0.535. The van der Waals surface area contributed by atoms with Gasteiger partial charge in [-0.2, -0.15) is 0 Å². The molecule has 0 spiro atoms. The van der Waals surface area contributed by atoms with Crippen molar-refractivity contribution in [1.82, 2.24) is 15.3 Å². The molecular weight excluding hydrogens is 562 g/mol. The van der Waals surface area contributed by atoms with Crippen molar-refractivity contribution in [2.24, 2.45) is 0 Å². The molecule has 3 N–H and O–H groups in total. The molecule has 2 heterocycles. The van der Waals surface area contributed by atoms with E-state index in [9.17, 15) is 9.59 Å². The molecule has 216 valence electrons. The van der Waals surface area contributed by atoms with Crippen LogP contribution in [0.5, 0.6) is 5.75 Å². The zero-order valence-electron chi connectivity index (χ0n) is 23.5. The predicted octanol–water partition coefficient (Wildman–Crippen LogP) is 6.69. The molecule has 11 heteroatoms. The molecular formula is C30H34ClN5O4S. The summed E-state index contributed by atoms with van der Waals surface area (Å²) in [6.07, 6.45) is 5.68. The molecule has 1 saturated carbocycles. The van der Waals surface area contributed by atoms with Crippen molar-refractivity contribution in [2.45, 2.75) is 71.1 Å². The third-order valence-electron chi connectivity index (χ3n) is 6.31. The van der Waals surface area contributed by atoms with Gasteiger partial charge in [-0.25, -0.2) is 14.8 Å². The second kappa shape index (κ2) is 13.3. The smallest absolute Gasteiger partial charge is 0.407 e. The van der Waals surface area contributed by atoms with E-state index in [-0.39, 0.29) is 17.8 Å². The number of hydrogen-bond acceptors (Lipinski definition) is 7. The van der Waals surface area contributed by atoms with E-state index in [2.05, 4.69) is 25.9 Å². The maximum absolute atomic E-state index is 13.0. The Morgan fingerprint density at radius 3 is 2.46 bits per heavy atom. The number of amides is 2. The van der Waals surface area contributed by atoms with Crippen LogP contribution >= 0.6 is 23.8 Å². The van der Waals surface area contributed by atoms with Gasteiger partial charge in [0.05, 0.1) is 22.4 Å². The van der Waals surface area contributed by atoms with Crippen LogP contribution in [0.25, 0.3) is 0 Å². The molecule has 41 heavy (non-hydrogen) atoms. The van der Waals surface area contributed by atoms with Crippen LogP contribution in [0.2, 0.25) is 5.02 Å². The van der Waals surface area contributed by atoms with Gasteiger partial charge in [0.25, 0.3) is 5.91 Å². The summed E-state index contributed by atoms with van der Waals surface area (Å²) in [6.45, 7) is 7.53. The van der Waals surface area contributed by atoms with Gasteiger partial charge in [-0.1, -0.05) is 29.9 Å². The molecule has 1 aliphatic rings. The molecule has 2 aromatic heterocycles. The summed E-state index contributed by atoms with van der Waals surface area (Å²) < 4.78 is 11.8. The Hall–Kier alpha value is -3.76. The number of hydrogen-bond donors (Lipinski definition) is 3. The van der Waals surface area contributed by atoms with E-state index in [1.807, 2.05) is 45.9 Å². The first-order chi connectivity index (χ1) is 19.5. The number of pyridine rings is 2. The van der Waals surface area contributed by atoms with Gasteiger partial charge in [0, 0.05) is 18.4 Å². The lowest BCUT2D eigenvalue weighted by atomic mass is 9.93. The van der Waals surface area contributed by atoms with Crippen LogP contribution in [0.3, 0.4) is 0 Å². The van der Waals surface area contributed by atoms with Crippen LogP contribution < -0.4 is 20.7 Å². The van der Waals surface area contributed by atoms with Crippen LogP contribution in [0, 0.1) is 6.92 Å². The molecule has 0 radical (unpaired) electrons. The van der Waals surface area contributed by atoms with Gasteiger partial charge in [-0.3, -0.25) is 4.79 Å². The van der Waals surface area contributed by atoms with E-state index < -0.39 is 17.6 Å². The summed E-state index contributed by atoms with van der Waals surface area (Å²) in [7, 11) is 0. The van der Waals surface area contributed by atoms with Crippen molar-refractivity contribution >= 4 is 52.3 Å². The average molecular weight is 596 g/mol. The average Bonchev–Trinajstić information content (AvgIpc) is 2.90. The summed E-state index contributed by atoms with van der Waals surface area (Å²) >= 11 is 11.7. The van der Waals surface area contributed by atoms with Crippen molar-refractivity contribution < 1.29 is 19.1 Å². The highest BCUT2D eigenvalue weighted by molar-refractivity contribution is 7.81. The fourth-order valence-corrected chi connectivity index (χ4v) is 4.79. The molecule has 1 aliphatic carbocycles. The number of aryl methyl sites for hydroxylation is 1. The van der Waals surface area contributed by atoms with Gasteiger partial charge < -0.3 is 25.4 Å². The molecule has 4 rings (SSSR count). The van der Waals surface area contributed by atoms with Gasteiger partial charge in [-0.05, 0) is 95.3 Å². The fraction of sp³-hybridized carbons (Fsp3) is 0.367. The van der Waals surface area contributed by atoms with Crippen molar-refractivity contribution in [3.8, 4) is 5.75 Å². The van der Waals surface area contributed by atoms with Crippen LogP contribution in [0.1, 0.15) is 68.1 Å². The standard InChI is InChI=1S/C30H34ClN5O4S/c1-18-7-13-22(24(16-18)39-21-11-9-20(10-12-21)34-29(38)40-30(2,3)4)28(41)35-23-6-5-15-32-26(23)27(37)36-25-14-8-19(31)17-33-25/h5-8,13-17,20-21H,9-12H2,1-4H3,(H,34,38)(H,35,41)(H,33,36,37)/t20-,21-. The number of halogens is 1. The predicted molar refractivity (Wildman–Crippen MR) is 164 cm³/mol. The van der Waals surface area contributed by atoms with Crippen molar-refractivity contribution in [3.05, 3.63) is 76.7 Å². The number of thiocarbonyl (C=S) groups is 1. The topological polar surface area (TPSA) is 114 Å². The highest BCUT2D eigenvalue weighted by atomic mass is 35.5. The molecule has 0 atom stereocenters. The zero-order valence-corrected chi connectivity index (χ0v) is 25.1. The number of aromatic nitrogens is 2. The Morgan fingerprint density at radius 1 is 1.02 bits per heavy atom. The van der Waals surface area contributed by atoms with Crippen LogP contribution in [0.15, 0.2) is 54.9 Å². The Bertz CT molecular complexity index is 1400. The normalized spacial score (nSPS) is 16.8. The molecule has 0 unspecified atom stereocenters. The third kappa shape index (κ3) is 8.86. The van der Waals surface area contributed by atoms with Gasteiger partial charge in [0.1, 0.15) is 22.2 Å². The van der Waals surface area contributed by atoms with Gasteiger partial charge >= 0.3 is 6.09 Å². The number of benzene rings is 1. The van der Waals surface area contributed by atoms with E-state index in [0.29, 0.717) is 32.8 Å². The lowest BCUT2D eigenvalue weighted by molar-refractivity contribution is 0.0470. The van der Waals surface area contributed by atoms with E-state index in [1.54, 1.807) is 24.3 Å². The Labute approximate surface area is 250 Å². The second-order valence-corrected chi connectivity index (χ2v) is 11.8. The quantitative estimate of drug-likeness (QED) is 0.259. The summed E-state index contributed by atoms with van der Waals surface area (Å²) in [4.78, 5) is 33.9. The number of anilines is 2. The van der Waals surface area contributed by atoms with E-state index in [1.165, 1.54) is 12.4 Å². The number of carbonyl (C=O) groups excluding carboxylic acids is 2. The highest BCUT2D eigenvalue weighted by Crippen LogP contribution is 2.29. The molecule has 9 nitrogen and oxygen atoms in total. The number of nitrogens with zero attached hydrogens (tertiary/aromatic N) is 2. The van der Waals surface area contributed by atoms with Crippen LogP contribution in [0.4, 0.5) is 16.3 Å². The number of rotatable bonds is 7. The zero-order chi connectivity index (χ0) is 29.6. The Morgan fingerprint density at radius 2 is 1.78 bits per heavy atom. The summed E-state index contributed by atoms with van der Waals surface area (Å²) in [5, 5.41) is 9.33. The maximum Gasteiger partial charge on any atom is 0.407 e. The van der Waals surface area contributed by atoms with Gasteiger partial charge in [-0.15, -0.1) is 0 Å². The summed E-state index contributed by atoms with van der Waals surface area (Å²) in [5.74, 6) is 0.568. The highest BCUT2D eigenvalue weighted by Gasteiger charge is 2.27. The molecule has 2 amide bonds. The Balaban J connectivity index is 1.41. The molecule has 1 fully saturated rings. The molecule has 0 bridgehead atoms. The minimum Gasteiger partial charge on any atom is -0.490 e. The first-order valence-corrected chi connectivity index (χ1v) is 14.2. The third-order valence-corrected chi connectivity index (χ3v) is 6.86. The monoisotopic (exact) mass is 595 g/mol. The van der Waals surface area contributed by atoms with Crippen LogP contribution in [-0.4, -0.2) is 44.7 Å². The van der Waals surface area contributed by atoms with E-state index >= 15 is 0 Å². The molecule has 0 saturated heterocycles. The van der Waals surface area contributed by atoms with Gasteiger partial charge in [0.2, 0.25) is 0 Å². The van der Waals surface area contributed by atoms with Crippen molar-refractivity contribution in [3.63, 3.8) is 0 Å². The lowest BCUT2D eigenvalue weighted by Crippen LogP contribution is -2.42.